The Morgan fingerprint density at radius 1 is 1.12 bits per heavy atom. The SMILES string of the molecule is COc1ccc(OC(=O)c2cc(-c3cccc(C)c3O)n[nH]2)cc1. The molecule has 0 fully saturated rings. The highest BCUT2D eigenvalue weighted by atomic mass is 16.5. The van der Waals surface area contributed by atoms with Crippen molar-refractivity contribution in [2.45, 2.75) is 6.92 Å². The van der Waals surface area contributed by atoms with Gasteiger partial charge in [-0.2, -0.15) is 5.10 Å². The van der Waals surface area contributed by atoms with E-state index in [1.165, 1.54) is 0 Å². The van der Waals surface area contributed by atoms with Gasteiger partial charge in [-0.15, -0.1) is 0 Å². The van der Waals surface area contributed by atoms with E-state index in [4.69, 9.17) is 9.47 Å². The molecule has 0 radical (unpaired) electrons. The van der Waals surface area contributed by atoms with Gasteiger partial charge in [-0.3, -0.25) is 5.10 Å². The fourth-order valence-electron chi connectivity index (χ4n) is 2.24. The highest BCUT2D eigenvalue weighted by Crippen LogP contribution is 2.30. The summed E-state index contributed by atoms with van der Waals surface area (Å²) < 4.78 is 10.3. The Balaban J connectivity index is 1.79. The van der Waals surface area contributed by atoms with Crippen LogP contribution in [0.15, 0.2) is 48.5 Å². The van der Waals surface area contributed by atoms with Gasteiger partial charge in [-0.05, 0) is 48.9 Å². The number of methoxy groups -OCH3 is 1. The molecule has 0 spiro atoms. The number of phenols is 1. The van der Waals surface area contributed by atoms with Gasteiger partial charge in [-0.1, -0.05) is 12.1 Å². The van der Waals surface area contributed by atoms with E-state index in [-0.39, 0.29) is 11.4 Å². The van der Waals surface area contributed by atoms with Gasteiger partial charge in [0, 0.05) is 5.56 Å². The van der Waals surface area contributed by atoms with Crippen LogP contribution in [0.1, 0.15) is 16.1 Å². The molecule has 24 heavy (non-hydrogen) atoms. The van der Waals surface area contributed by atoms with E-state index in [1.807, 2.05) is 6.07 Å². The first kappa shape index (κ1) is 15.6. The maximum atomic E-state index is 12.2. The van der Waals surface area contributed by atoms with E-state index < -0.39 is 5.97 Å². The number of carbonyl (C=O) groups is 1. The lowest BCUT2D eigenvalue weighted by atomic mass is 10.1. The maximum absolute atomic E-state index is 12.2. The molecule has 0 bridgehead atoms. The number of carbonyl (C=O) groups excluding carboxylic acids is 1. The molecule has 6 nitrogen and oxygen atoms in total. The standard InChI is InChI=1S/C18H16N2O4/c1-11-4-3-5-14(17(11)21)15-10-16(20-19-15)18(22)24-13-8-6-12(23-2)7-9-13/h3-10,21H,1-2H3,(H,19,20). The van der Waals surface area contributed by atoms with E-state index in [2.05, 4.69) is 10.2 Å². The van der Waals surface area contributed by atoms with E-state index in [9.17, 15) is 9.90 Å². The molecule has 2 N–H and O–H groups in total. The van der Waals surface area contributed by atoms with Crippen LogP contribution >= 0.6 is 0 Å². The zero-order valence-corrected chi connectivity index (χ0v) is 13.2. The first-order chi connectivity index (χ1) is 11.6. The van der Waals surface area contributed by atoms with Crippen molar-refractivity contribution < 1.29 is 19.4 Å². The van der Waals surface area contributed by atoms with Gasteiger partial charge in [0.15, 0.2) is 0 Å². The van der Waals surface area contributed by atoms with Crippen molar-refractivity contribution in [3.05, 3.63) is 59.8 Å². The molecule has 0 saturated heterocycles. The number of ether oxygens (including phenoxy) is 2. The Morgan fingerprint density at radius 3 is 2.54 bits per heavy atom. The fraction of sp³-hybridized carbons (Fsp3) is 0.111. The summed E-state index contributed by atoms with van der Waals surface area (Å²) in [4.78, 5) is 12.2. The molecule has 0 aliphatic carbocycles. The lowest BCUT2D eigenvalue weighted by molar-refractivity contribution is 0.0728. The zero-order valence-electron chi connectivity index (χ0n) is 13.2. The molecular formula is C18H16N2O4. The number of hydrogen-bond donors (Lipinski definition) is 2. The van der Waals surface area contributed by atoms with Crippen molar-refractivity contribution in [2.24, 2.45) is 0 Å². The molecule has 3 rings (SSSR count). The summed E-state index contributed by atoms with van der Waals surface area (Å²) >= 11 is 0. The minimum absolute atomic E-state index is 0.138. The molecule has 0 aliphatic heterocycles. The summed E-state index contributed by atoms with van der Waals surface area (Å²) in [6.07, 6.45) is 0. The third kappa shape index (κ3) is 3.08. The summed E-state index contributed by atoms with van der Waals surface area (Å²) in [7, 11) is 1.56. The van der Waals surface area contributed by atoms with Crippen LogP contribution in [0.4, 0.5) is 0 Å². The number of para-hydroxylation sites is 1. The van der Waals surface area contributed by atoms with Crippen molar-refractivity contribution in [3.63, 3.8) is 0 Å². The first-order valence-electron chi connectivity index (χ1n) is 7.29. The number of rotatable bonds is 4. The van der Waals surface area contributed by atoms with Gasteiger partial charge < -0.3 is 14.6 Å². The van der Waals surface area contributed by atoms with Gasteiger partial charge >= 0.3 is 5.97 Å². The second kappa shape index (κ2) is 6.45. The number of H-pyrrole nitrogens is 1. The monoisotopic (exact) mass is 324 g/mol. The minimum atomic E-state index is -0.564. The van der Waals surface area contributed by atoms with Crippen molar-refractivity contribution in [1.82, 2.24) is 10.2 Å². The topological polar surface area (TPSA) is 84.4 Å². The highest BCUT2D eigenvalue weighted by molar-refractivity contribution is 5.90. The van der Waals surface area contributed by atoms with Gasteiger partial charge in [-0.25, -0.2) is 4.79 Å². The van der Waals surface area contributed by atoms with Gasteiger partial charge in [0.1, 0.15) is 22.9 Å². The molecule has 6 heteroatoms. The van der Waals surface area contributed by atoms with Crippen LogP contribution in [0.5, 0.6) is 17.2 Å². The average Bonchev–Trinajstić information content (AvgIpc) is 3.08. The maximum Gasteiger partial charge on any atom is 0.361 e. The van der Waals surface area contributed by atoms with E-state index >= 15 is 0 Å². The summed E-state index contributed by atoms with van der Waals surface area (Å²) in [5.74, 6) is 0.647. The van der Waals surface area contributed by atoms with Crippen molar-refractivity contribution in [3.8, 4) is 28.5 Å². The van der Waals surface area contributed by atoms with Gasteiger partial charge in [0.05, 0.1) is 12.8 Å². The normalized spacial score (nSPS) is 10.4. The largest absolute Gasteiger partial charge is 0.507 e. The van der Waals surface area contributed by atoms with Crippen molar-refractivity contribution in [1.29, 1.82) is 0 Å². The second-order valence-electron chi connectivity index (χ2n) is 5.20. The van der Waals surface area contributed by atoms with Crippen LogP contribution in [0.2, 0.25) is 0 Å². The summed E-state index contributed by atoms with van der Waals surface area (Å²) in [6.45, 7) is 1.80. The fourth-order valence-corrected chi connectivity index (χ4v) is 2.24. The first-order valence-corrected chi connectivity index (χ1v) is 7.29. The number of phenolic OH excluding ortho intramolecular Hbond substituents is 1. The summed E-state index contributed by atoms with van der Waals surface area (Å²) in [6, 6.07) is 13.6. The molecule has 122 valence electrons. The van der Waals surface area contributed by atoms with Crippen molar-refractivity contribution in [2.75, 3.05) is 7.11 Å². The molecule has 0 unspecified atom stereocenters. The lowest BCUT2D eigenvalue weighted by Crippen LogP contribution is -2.08. The Kier molecular flexibility index (Phi) is 4.20. The highest BCUT2D eigenvalue weighted by Gasteiger charge is 2.15. The smallest absolute Gasteiger partial charge is 0.361 e. The number of esters is 1. The third-order valence-electron chi connectivity index (χ3n) is 3.58. The van der Waals surface area contributed by atoms with Crippen LogP contribution in [0, 0.1) is 6.92 Å². The van der Waals surface area contributed by atoms with Crippen LogP contribution < -0.4 is 9.47 Å². The summed E-state index contributed by atoms with van der Waals surface area (Å²) in [5, 5.41) is 16.8. The third-order valence-corrected chi connectivity index (χ3v) is 3.58. The Bertz CT molecular complexity index is 869. The molecule has 1 aromatic heterocycles. The van der Waals surface area contributed by atoms with Crippen LogP contribution in [-0.2, 0) is 0 Å². The Morgan fingerprint density at radius 2 is 1.83 bits per heavy atom. The molecule has 0 atom stereocenters. The number of nitrogens with one attached hydrogen (secondary N) is 1. The number of nitrogens with zero attached hydrogens (tertiary/aromatic N) is 1. The molecule has 0 aliphatic rings. The van der Waals surface area contributed by atoms with E-state index in [0.29, 0.717) is 22.8 Å². The number of hydrogen-bond acceptors (Lipinski definition) is 5. The minimum Gasteiger partial charge on any atom is -0.507 e. The lowest BCUT2D eigenvalue weighted by Gasteiger charge is -2.04. The number of benzene rings is 2. The molecule has 3 aromatic rings. The predicted octanol–water partition coefficient (Wildman–Crippen LogP) is 3.32. The van der Waals surface area contributed by atoms with Crippen LogP contribution in [0.25, 0.3) is 11.3 Å². The van der Waals surface area contributed by atoms with Crippen LogP contribution in [0.3, 0.4) is 0 Å². The number of aromatic amines is 1. The number of aromatic hydroxyl groups is 1. The molecule has 1 heterocycles. The zero-order chi connectivity index (χ0) is 17.1. The second-order valence-corrected chi connectivity index (χ2v) is 5.20. The number of aryl methyl sites for hydroxylation is 1. The average molecular weight is 324 g/mol. The molecule has 2 aromatic carbocycles. The van der Waals surface area contributed by atoms with E-state index in [0.717, 1.165) is 5.56 Å². The van der Waals surface area contributed by atoms with Gasteiger partial charge in [0.25, 0.3) is 0 Å². The number of aromatic nitrogens is 2. The van der Waals surface area contributed by atoms with Gasteiger partial charge in [0.2, 0.25) is 0 Å². The Labute approximate surface area is 138 Å². The predicted molar refractivity (Wildman–Crippen MR) is 88.4 cm³/mol. The van der Waals surface area contributed by atoms with Crippen LogP contribution in [-0.4, -0.2) is 28.4 Å². The van der Waals surface area contributed by atoms with E-state index in [1.54, 1.807) is 56.5 Å². The molecular weight excluding hydrogens is 308 g/mol. The molecule has 0 amide bonds. The Hall–Kier alpha value is -3.28. The molecule has 0 saturated carbocycles. The quantitative estimate of drug-likeness (QED) is 0.568. The van der Waals surface area contributed by atoms with Crippen molar-refractivity contribution >= 4 is 5.97 Å². The summed E-state index contributed by atoms with van der Waals surface area (Å²) in [5.41, 5.74) is 1.95.